The second-order valence-corrected chi connectivity index (χ2v) is 8.01. The molecule has 136 valence electrons. The van der Waals surface area contributed by atoms with Gasteiger partial charge < -0.3 is 10.2 Å². The van der Waals surface area contributed by atoms with E-state index in [9.17, 15) is 13.6 Å². The topological polar surface area (TPSA) is 32.3 Å². The lowest BCUT2D eigenvalue weighted by atomic mass is 9.91. The smallest absolute Gasteiger partial charge is 0.226 e. The Balaban J connectivity index is 1.54. The van der Waals surface area contributed by atoms with Crippen molar-refractivity contribution in [1.82, 2.24) is 10.2 Å². The molecule has 1 amide bonds. The molecule has 2 saturated carbocycles. The maximum Gasteiger partial charge on any atom is 0.226 e. The van der Waals surface area contributed by atoms with Crippen LogP contribution in [0, 0.1) is 23.0 Å². The summed E-state index contributed by atoms with van der Waals surface area (Å²) in [6.45, 7) is 2.15. The molecule has 1 atom stereocenters. The van der Waals surface area contributed by atoms with E-state index in [1.165, 1.54) is 6.07 Å². The third-order valence-corrected chi connectivity index (χ3v) is 6.48. The maximum atomic E-state index is 14.1. The maximum absolute atomic E-state index is 14.1. The van der Waals surface area contributed by atoms with Crippen LogP contribution in [0.2, 0.25) is 0 Å². The molecular weight excluding hydrogens is 322 g/mol. The summed E-state index contributed by atoms with van der Waals surface area (Å²) in [6.07, 6.45) is 7.24. The van der Waals surface area contributed by atoms with Crippen molar-refractivity contribution in [2.24, 2.45) is 11.3 Å². The Labute approximate surface area is 147 Å². The molecule has 0 bridgehead atoms. The van der Waals surface area contributed by atoms with Gasteiger partial charge in [0.15, 0.2) is 0 Å². The van der Waals surface area contributed by atoms with E-state index in [-0.39, 0.29) is 29.8 Å². The van der Waals surface area contributed by atoms with Crippen LogP contribution in [0.25, 0.3) is 0 Å². The highest BCUT2D eigenvalue weighted by Gasteiger charge is 2.59. The molecular formula is C20H26F2N2O. The Morgan fingerprint density at radius 3 is 2.64 bits per heavy atom. The van der Waals surface area contributed by atoms with E-state index < -0.39 is 11.6 Å². The first kappa shape index (κ1) is 17.0. The molecule has 5 heteroatoms. The van der Waals surface area contributed by atoms with E-state index in [0.717, 1.165) is 70.2 Å². The highest BCUT2D eigenvalue weighted by molar-refractivity contribution is 5.83. The van der Waals surface area contributed by atoms with Gasteiger partial charge in [0.25, 0.3) is 0 Å². The number of carbonyl (C=O) groups is 1. The zero-order valence-electron chi connectivity index (χ0n) is 14.6. The van der Waals surface area contributed by atoms with E-state index in [0.29, 0.717) is 5.56 Å². The van der Waals surface area contributed by atoms with Gasteiger partial charge in [-0.3, -0.25) is 4.79 Å². The number of carbonyl (C=O) groups excluding carboxylic acids is 1. The number of benzene rings is 1. The van der Waals surface area contributed by atoms with Gasteiger partial charge in [-0.15, -0.1) is 0 Å². The molecule has 1 N–H and O–H groups in total. The number of nitrogens with one attached hydrogen (secondary N) is 1. The summed E-state index contributed by atoms with van der Waals surface area (Å²) in [4.78, 5) is 15.1. The van der Waals surface area contributed by atoms with E-state index in [1.54, 1.807) is 0 Å². The zero-order valence-corrected chi connectivity index (χ0v) is 14.6. The van der Waals surface area contributed by atoms with Crippen molar-refractivity contribution >= 4 is 5.91 Å². The van der Waals surface area contributed by atoms with Gasteiger partial charge in [0.1, 0.15) is 11.6 Å². The molecule has 4 rings (SSSR count). The third-order valence-electron chi connectivity index (χ3n) is 6.48. The molecule has 3 fully saturated rings. The first-order chi connectivity index (χ1) is 12.1. The summed E-state index contributed by atoms with van der Waals surface area (Å²) in [5.41, 5.74) is 0.458. The largest absolute Gasteiger partial charge is 0.335 e. The fraction of sp³-hybridized carbons (Fsp3) is 0.650. The van der Waals surface area contributed by atoms with E-state index in [1.807, 2.05) is 4.90 Å². The van der Waals surface area contributed by atoms with Crippen molar-refractivity contribution in [3.05, 3.63) is 35.4 Å². The predicted octanol–water partition coefficient (Wildman–Crippen LogP) is 3.63. The van der Waals surface area contributed by atoms with Crippen molar-refractivity contribution in [3.8, 4) is 0 Å². The quantitative estimate of drug-likeness (QED) is 0.901. The molecule has 1 aromatic rings. The average Bonchev–Trinajstić information content (AvgIpc) is 3.05. The summed E-state index contributed by atoms with van der Waals surface area (Å²) in [5.74, 6) is -0.634. The Morgan fingerprint density at radius 2 is 1.92 bits per heavy atom. The Kier molecular flexibility index (Phi) is 4.52. The molecule has 1 aliphatic heterocycles. The van der Waals surface area contributed by atoms with Crippen LogP contribution in [0.5, 0.6) is 0 Å². The molecule has 0 aromatic heterocycles. The van der Waals surface area contributed by atoms with Gasteiger partial charge in [0, 0.05) is 24.1 Å². The minimum Gasteiger partial charge on any atom is -0.335 e. The molecule has 1 heterocycles. The van der Waals surface area contributed by atoms with Crippen LogP contribution in [0.15, 0.2) is 18.2 Å². The van der Waals surface area contributed by atoms with Crippen molar-refractivity contribution in [3.63, 3.8) is 0 Å². The number of amides is 1. The third kappa shape index (κ3) is 3.31. The first-order valence-electron chi connectivity index (χ1n) is 9.54. The number of hydrogen-bond acceptors (Lipinski definition) is 2. The van der Waals surface area contributed by atoms with Gasteiger partial charge in [-0.25, -0.2) is 8.78 Å². The molecule has 1 saturated heterocycles. The van der Waals surface area contributed by atoms with Crippen molar-refractivity contribution in [2.75, 3.05) is 13.1 Å². The van der Waals surface area contributed by atoms with Crippen LogP contribution in [-0.4, -0.2) is 29.9 Å². The lowest BCUT2D eigenvalue weighted by Crippen LogP contribution is -2.41. The molecule has 1 spiro atoms. The van der Waals surface area contributed by atoms with Crippen LogP contribution in [0.4, 0.5) is 8.78 Å². The fourth-order valence-electron chi connectivity index (χ4n) is 4.83. The van der Waals surface area contributed by atoms with Crippen LogP contribution in [-0.2, 0) is 11.3 Å². The van der Waals surface area contributed by atoms with E-state index >= 15 is 0 Å². The van der Waals surface area contributed by atoms with Crippen LogP contribution in [0.1, 0.15) is 50.5 Å². The van der Waals surface area contributed by atoms with Gasteiger partial charge >= 0.3 is 0 Å². The number of piperidine rings is 1. The van der Waals surface area contributed by atoms with Gasteiger partial charge in [-0.2, -0.15) is 0 Å². The standard InChI is InChI=1S/C20H26F2N2O/c21-15-5-6-18(22)14(11-15)13-24(16-3-1-2-4-16)19(25)17-12-20(17)7-9-23-10-8-20/h5-6,11,16-17,23H,1-4,7-10,12-13H2. The van der Waals surface area contributed by atoms with Crippen molar-refractivity contribution in [2.45, 2.75) is 57.5 Å². The Bertz CT molecular complexity index is 651. The molecule has 2 aliphatic carbocycles. The fourth-order valence-corrected chi connectivity index (χ4v) is 4.83. The second-order valence-electron chi connectivity index (χ2n) is 8.01. The minimum absolute atomic E-state index is 0.0758. The summed E-state index contributed by atoms with van der Waals surface area (Å²) in [5, 5.41) is 3.36. The van der Waals surface area contributed by atoms with Crippen LogP contribution in [0.3, 0.4) is 0 Å². The van der Waals surface area contributed by atoms with E-state index in [2.05, 4.69) is 5.32 Å². The van der Waals surface area contributed by atoms with Gasteiger partial charge in [0.05, 0.1) is 0 Å². The number of nitrogens with zero attached hydrogens (tertiary/aromatic N) is 1. The lowest BCUT2D eigenvalue weighted by Gasteiger charge is -2.31. The van der Waals surface area contributed by atoms with Crippen molar-refractivity contribution in [1.29, 1.82) is 0 Å². The zero-order chi connectivity index (χ0) is 17.4. The molecule has 3 nitrogen and oxygen atoms in total. The second kappa shape index (κ2) is 6.67. The minimum atomic E-state index is -0.448. The van der Waals surface area contributed by atoms with Crippen LogP contribution >= 0.6 is 0 Å². The van der Waals surface area contributed by atoms with Crippen LogP contribution < -0.4 is 5.32 Å². The normalized spacial score (nSPS) is 25.3. The molecule has 25 heavy (non-hydrogen) atoms. The highest BCUT2D eigenvalue weighted by atomic mass is 19.1. The van der Waals surface area contributed by atoms with Crippen molar-refractivity contribution < 1.29 is 13.6 Å². The molecule has 1 unspecified atom stereocenters. The number of halogens is 2. The SMILES string of the molecule is O=C(C1CC12CCNCC2)N(Cc1cc(F)ccc1F)C1CCCC1. The summed E-state index contributed by atoms with van der Waals surface area (Å²) in [6, 6.07) is 3.70. The Morgan fingerprint density at radius 1 is 1.20 bits per heavy atom. The number of hydrogen-bond donors (Lipinski definition) is 1. The molecule has 1 aromatic carbocycles. The van der Waals surface area contributed by atoms with Gasteiger partial charge in [0.2, 0.25) is 5.91 Å². The molecule has 0 radical (unpaired) electrons. The number of rotatable bonds is 4. The lowest BCUT2D eigenvalue weighted by molar-refractivity contribution is -0.136. The summed E-state index contributed by atoms with van der Waals surface area (Å²) in [7, 11) is 0. The predicted molar refractivity (Wildman–Crippen MR) is 91.8 cm³/mol. The molecule has 3 aliphatic rings. The van der Waals surface area contributed by atoms with Gasteiger partial charge in [-0.1, -0.05) is 12.8 Å². The summed E-state index contributed by atoms with van der Waals surface area (Å²) < 4.78 is 27.7. The first-order valence-corrected chi connectivity index (χ1v) is 9.54. The summed E-state index contributed by atoms with van der Waals surface area (Å²) >= 11 is 0. The van der Waals surface area contributed by atoms with Gasteiger partial charge in [-0.05, 0) is 68.8 Å². The monoisotopic (exact) mass is 348 g/mol. The highest BCUT2D eigenvalue weighted by Crippen LogP contribution is 2.59. The Hall–Kier alpha value is -1.49. The van der Waals surface area contributed by atoms with E-state index in [4.69, 9.17) is 0 Å². The average molecular weight is 348 g/mol.